The molecule has 140 valence electrons. The predicted molar refractivity (Wildman–Crippen MR) is 97.0 cm³/mol. The lowest BCUT2D eigenvalue weighted by Gasteiger charge is -2.07. The Morgan fingerprint density at radius 1 is 1.07 bits per heavy atom. The quantitative estimate of drug-likeness (QED) is 0.690. The molecule has 3 aromatic rings. The normalized spacial score (nSPS) is 10.5. The van der Waals surface area contributed by atoms with E-state index < -0.39 is 0 Å². The Kier molecular flexibility index (Phi) is 5.71. The maximum atomic E-state index is 12.9. The van der Waals surface area contributed by atoms with Crippen molar-refractivity contribution in [2.24, 2.45) is 0 Å². The topological polar surface area (TPSA) is 73.6 Å². The molecule has 0 atom stereocenters. The molecule has 2 aromatic carbocycles. The molecule has 27 heavy (non-hydrogen) atoms. The molecule has 6 nitrogen and oxygen atoms in total. The Balaban J connectivity index is 1.62. The molecule has 0 saturated heterocycles. The summed E-state index contributed by atoms with van der Waals surface area (Å²) in [5.41, 5.74) is 2.09. The van der Waals surface area contributed by atoms with Gasteiger partial charge in [0.15, 0.2) is 17.3 Å². The maximum Gasteiger partial charge on any atom is 0.226 e. The lowest BCUT2D eigenvalue weighted by Crippen LogP contribution is -2.24. The van der Waals surface area contributed by atoms with Gasteiger partial charge >= 0.3 is 0 Å². The molecule has 1 amide bonds. The van der Waals surface area contributed by atoms with Crippen LogP contribution in [0.25, 0.3) is 11.3 Å². The van der Waals surface area contributed by atoms with Crippen LogP contribution in [-0.2, 0) is 17.8 Å². The first-order valence-electron chi connectivity index (χ1n) is 8.28. The second-order valence-electron chi connectivity index (χ2n) is 5.83. The zero-order valence-electron chi connectivity index (χ0n) is 15.0. The van der Waals surface area contributed by atoms with Gasteiger partial charge in [-0.05, 0) is 35.9 Å². The van der Waals surface area contributed by atoms with Crippen molar-refractivity contribution in [3.63, 3.8) is 0 Å². The average molecular weight is 370 g/mol. The van der Waals surface area contributed by atoms with Gasteiger partial charge in [0.2, 0.25) is 5.91 Å². The van der Waals surface area contributed by atoms with E-state index in [2.05, 4.69) is 10.5 Å². The first-order valence-corrected chi connectivity index (χ1v) is 8.28. The molecule has 0 radical (unpaired) electrons. The molecule has 0 aliphatic carbocycles. The van der Waals surface area contributed by atoms with E-state index in [1.54, 1.807) is 44.6 Å². The molecule has 0 saturated carbocycles. The van der Waals surface area contributed by atoms with E-state index >= 15 is 0 Å². The lowest BCUT2D eigenvalue weighted by molar-refractivity contribution is -0.120. The van der Waals surface area contributed by atoms with Gasteiger partial charge in [-0.15, -0.1) is 0 Å². The third kappa shape index (κ3) is 4.63. The van der Waals surface area contributed by atoms with Crippen LogP contribution in [-0.4, -0.2) is 25.3 Å². The third-order valence-corrected chi connectivity index (χ3v) is 3.97. The number of methoxy groups -OCH3 is 2. The van der Waals surface area contributed by atoms with E-state index in [1.165, 1.54) is 12.1 Å². The fraction of sp³-hybridized carbons (Fsp3) is 0.200. The van der Waals surface area contributed by atoms with Crippen LogP contribution in [0.1, 0.15) is 11.3 Å². The molecule has 0 spiro atoms. The number of ether oxygens (including phenoxy) is 2. The summed E-state index contributed by atoms with van der Waals surface area (Å²) in [4.78, 5) is 12.1. The summed E-state index contributed by atoms with van der Waals surface area (Å²) in [5.74, 6) is 1.20. The van der Waals surface area contributed by atoms with Crippen LogP contribution in [0, 0.1) is 5.82 Å². The fourth-order valence-corrected chi connectivity index (χ4v) is 2.55. The van der Waals surface area contributed by atoms with Crippen molar-refractivity contribution in [1.82, 2.24) is 10.5 Å². The summed E-state index contributed by atoms with van der Waals surface area (Å²) in [5, 5.41) is 6.71. The molecule has 0 aliphatic rings. The number of hydrogen-bond donors (Lipinski definition) is 1. The predicted octanol–water partition coefficient (Wildman–Crippen LogP) is 3.36. The average Bonchev–Trinajstić information content (AvgIpc) is 3.15. The number of nitrogens with zero attached hydrogens (tertiary/aromatic N) is 1. The highest BCUT2D eigenvalue weighted by molar-refractivity contribution is 5.78. The van der Waals surface area contributed by atoms with Crippen LogP contribution in [0.2, 0.25) is 0 Å². The molecule has 3 rings (SSSR count). The van der Waals surface area contributed by atoms with Gasteiger partial charge in [-0.2, -0.15) is 0 Å². The van der Waals surface area contributed by atoms with Crippen molar-refractivity contribution in [1.29, 1.82) is 0 Å². The van der Waals surface area contributed by atoms with Gasteiger partial charge in [0.25, 0.3) is 0 Å². The van der Waals surface area contributed by atoms with Crippen LogP contribution in [0.15, 0.2) is 53.1 Å². The highest BCUT2D eigenvalue weighted by atomic mass is 19.1. The van der Waals surface area contributed by atoms with Crippen molar-refractivity contribution in [3.8, 4) is 22.8 Å². The molecule has 0 bridgehead atoms. The highest BCUT2D eigenvalue weighted by Gasteiger charge is 2.13. The van der Waals surface area contributed by atoms with Crippen molar-refractivity contribution >= 4 is 5.91 Å². The summed E-state index contributed by atoms with van der Waals surface area (Å²) in [6.07, 6.45) is 0.0813. The maximum absolute atomic E-state index is 12.9. The molecule has 1 aromatic heterocycles. The number of rotatable bonds is 7. The number of aromatic nitrogens is 1. The number of carbonyl (C=O) groups is 1. The number of carbonyl (C=O) groups excluding carboxylic acids is 1. The Morgan fingerprint density at radius 3 is 2.52 bits per heavy atom. The molecular formula is C20H19FN2O4. The summed E-state index contributed by atoms with van der Waals surface area (Å²) in [7, 11) is 3.12. The second kappa shape index (κ2) is 8.35. The number of amides is 1. The Labute approximate surface area is 155 Å². The zero-order valence-corrected chi connectivity index (χ0v) is 15.0. The van der Waals surface area contributed by atoms with Gasteiger partial charge in [-0.3, -0.25) is 4.79 Å². The van der Waals surface area contributed by atoms with E-state index in [9.17, 15) is 9.18 Å². The van der Waals surface area contributed by atoms with Gasteiger partial charge in [0, 0.05) is 18.2 Å². The number of hydrogen-bond acceptors (Lipinski definition) is 5. The first kappa shape index (κ1) is 18.4. The Hall–Kier alpha value is -3.35. The van der Waals surface area contributed by atoms with Gasteiger partial charge in [-0.25, -0.2) is 4.39 Å². The van der Waals surface area contributed by atoms with Crippen molar-refractivity contribution in [2.75, 3.05) is 14.2 Å². The smallest absolute Gasteiger partial charge is 0.226 e. The third-order valence-electron chi connectivity index (χ3n) is 3.97. The van der Waals surface area contributed by atoms with Crippen LogP contribution in [0.4, 0.5) is 4.39 Å². The van der Waals surface area contributed by atoms with E-state index in [0.717, 1.165) is 11.1 Å². The van der Waals surface area contributed by atoms with Gasteiger partial charge in [-0.1, -0.05) is 17.3 Å². The fourth-order valence-electron chi connectivity index (χ4n) is 2.55. The van der Waals surface area contributed by atoms with Crippen LogP contribution >= 0.6 is 0 Å². The molecule has 1 heterocycles. The molecule has 7 heteroatoms. The summed E-state index contributed by atoms with van der Waals surface area (Å²) in [6.45, 7) is 0.319. The highest BCUT2D eigenvalue weighted by Crippen LogP contribution is 2.32. The molecule has 1 N–H and O–H groups in total. The Morgan fingerprint density at radius 2 is 1.81 bits per heavy atom. The number of benzene rings is 2. The molecule has 0 fully saturated rings. The van der Waals surface area contributed by atoms with Gasteiger partial charge in [0.1, 0.15) is 5.82 Å². The Bertz CT molecular complexity index is 922. The van der Waals surface area contributed by atoms with Crippen molar-refractivity contribution in [2.45, 2.75) is 13.0 Å². The van der Waals surface area contributed by atoms with Crippen molar-refractivity contribution < 1.29 is 23.2 Å². The monoisotopic (exact) mass is 370 g/mol. The SMILES string of the molecule is COc1ccc(-c2cc(CC(=O)NCc3ccc(F)cc3)no2)cc1OC. The second-order valence-corrected chi connectivity index (χ2v) is 5.83. The van der Waals surface area contributed by atoms with Crippen molar-refractivity contribution in [3.05, 3.63) is 65.6 Å². The minimum atomic E-state index is -0.310. The zero-order chi connectivity index (χ0) is 19.2. The summed E-state index contributed by atoms with van der Waals surface area (Å²) < 4.78 is 28.7. The van der Waals surface area contributed by atoms with Gasteiger partial charge < -0.3 is 19.3 Å². The van der Waals surface area contributed by atoms with E-state index in [1.807, 2.05) is 6.07 Å². The van der Waals surface area contributed by atoms with Crippen LogP contribution in [0.5, 0.6) is 11.5 Å². The first-order chi connectivity index (χ1) is 13.1. The number of halogens is 1. The minimum Gasteiger partial charge on any atom is -0.493 e. The van der Waals surface area contributed by atoms with E-state index in [-0.39, 0.29) is 18.1 Å². The van der Waals surface area contributed by atoms with Crippen LogP contribution < -0.4 is 14.8 Å². The summed E-state index contributed by atoms with van der Waals surface area (Å²) in [6, 6.07) is 13.0. The summed E-state index contributed by atoms with van der Waals surface area (Å²) >= 11 is 0. The van der Waals surface area contributed by atoms with Crippen LogP contribution in [0.3, 0.4) is 0 Å². The molecule has 0 unspecified atom stereocenters. The molecular weight excluding hydrogens is 351 g/mol. The lowest BCUT2D eigenvalue weighted by atomic mass is 10.1. The van der Waals surface area contributed by atoms with E-state index in [4.69, 9.17) is 14.0 Å². The van der Waals surface area contributed by atoms with E-state index in [0.29, 0.717) is 29.5 Å². The minimum absolute atomic E-state index is 0.0813. The largest absolute Gasteiger partial charge is 0.493 e. The standard InChI is InChI=1S/C20H19FN2O4/c1-25-17-8-5-14(9-19(17)26-2)18-10-16(23-27-18)11-20(24)22-12-13-3-6-15(21)7-4-13/h3-10H,11-12H2,1-2H3,(H,22,24). The molecule has 0 aliphatic heterocycles. The van der Waals surface area contributed by atoms with Gasteiger partial charge in [0.05, 0.1) is 26.3 Å². The number of nitrogens with one attached hydrogen (secondary N) is 1.